The van der Waals surface area contributed by atoms with Crippen molar-refractivity contribution in [2.45, 2.75) is 25.4 Å². The SMILES string of the molecule is COc1cc(C(=O)O[C@H](C(=O)N2CCCCC2)c2ccccc2)cc(OC)c1OC. The number of hydrogen-bond acceptors (Lipinski definition) is 6. The number of esters is 1. The van der Waals surface area contributed by atoms with Crippen molar-refractivity contribution >= 4 is 11.9 Å². The van der Waals surface area contributed by atoms with Crippen molar-refractivity contribution in [1.82, 2.24) is 4.90 Å². The van der Waals surface area contributed by atoms with E-state index in [2.05, 4.69) is 0 Å². The smallest absolute Gasteiger partial charge is 0.339 e. The fourth-order valence-corrected chi connectivity index (χ4v) is 3.54. The molecule has 2 aromatic rings. The summed E-state index contributed by atoms with van der Waals surface area (Å²) in [4.78, 5) is 28.0. The molecule has 30 heavy (non-hydrogen) atoms. The first kappa shape index (κ1) is 21.5. The van der Waals surface area contributed by atoms with E-state index in [0.717, 1.165) is 19.3 Å². The van der Waals surface area contributed by atoms with Crippen LogP contribution in [0.4, 0.5) is 0 Å². The average Bonchev–Trinajstić information content (AvgIpc) is 2.81. The Kier molecular flexibility index (Phi) is 7.17. The Morgan fingerprint density at radius 3 is 2.00 bits per heavy atom. The van der Waals surface area contributed by atoms with E-state index in [0.29, 0.717) is 35.9 Å². The van der Waals surface area contributed by atoms with Gasteiger partial charge in [0.05, 0.1) is 26.9 Å². The van der Waals surface area contributed by atoms with Gasteiger partial charge in [-0.2, -0.15) is 0 Å². The van der Waals surface area contributed by atoms with Crippen LogP contribution in [0.1, 0.15) is 41.3 Å². The lowest BCUT2D eigenvalue weighted by Crippen LogP contribution is -2.40. The Morgan fingerprint density at radius 2 is 1.47 bits per heavy atom. The second kappa shape index (κ2) is 10.0. The summed E-state index contributed by atoms with van der Waals surface area (Å²) in [5.41, 5.74) is 0.839. The Bertz CT molecular complexity index is 852. The van der Waals surface area contributed by atoms with Crippen LogP contribution in [-0.2, 0) is 9.53 Å². The van der Waals surface area contributed by atoms with Gasteiger partial charge in [-0.3, -0.25) is 4.79 Å². The van der Waals surface area contributed by atoms with Gasteiger partial charge in [-0.05, 0) is 31.4 Å². The van der Waals surface area contributed by atoms with Crippen molar-refractivity contribution in [2.24, 2.45) is 0 Å². The molecule has 1 saturated heterocycles. The highest BCUT2D eigenvalue weighted by Crippen LogP contribution is 2.38. The molecule has 7 nitrogen and oxygen atoms in total. The zero-order valence-corrected chi connectivity index (χ0v) is 17.6. The van der Waals surface area contributed by atoms with Gasteiger partial charge in [0.2, 0.25) is 11.9 Å². The Hall–Kier alpha value is -3.22. The lowest BCUT2D eigenvalue weighted by Gasteiger charge is -2.30. The molecule has 160 valence electrons. The van der Waals surface area contributed by atoms with Gasteiger partial charge in [-0.15, -0.1) is 0 Å². The van der Waals surface area contributed by atoms with E-state index in [9.17, 15) is 9.59 Å². The number of rotatable bonds is 7. The van der Waals surface area contributed by atoms with E-state index in [-0.39, 0.29) is 11.5 Å². The molecular weight excluding hydrogens is 386 g/mol. The van der Waals surface area contributed by atoms with E-state index < -0.39 is 12.1 Å². The minimum Gasteiger partial charge on any atom is -0.493 e. The van der Waals surface area contributed by atoms with E-state index in [1.54, 1.807) is 17.0 Å². The third-order valence-corrected chi connectivity index (χ3v) is 5.12. The quantitative estimate of drug-likeness (QED) is 0.646. The van der Waals surface area contributed by atoms with E-state index in [1.807, 2.05) is 18.2 Å². The first-order chi connectivity index (χ1) is 14.6. The van der Waals surface area contributed by atoms with Crippen LogP contribution in [-0.4, -0.2) is 51.2 Å². The molecule has 0 saturated carbocycles. The molecule has 0 bridgehead atoms. The van der Waals surface area contributed by atoms with E-state index in [4.69, 9.17) is 18.9 Å². The van der Waals surface area contributed by atoms with Crippen molar-refractivity contribution < 1.29 is 28.5 Å². The highest BCUT2D eigenvalue weighted by molar-refractivity contribution is 5.94. The molecule has 1 fully saturated rings. The zero-order valence-electron chi connectivity index (χ0n) is 17.6. The number of amides is 1. The molecule has 0 unspecified atom stereocenters. The fraction of sp³-hybridized carbons (Fsp3) is 0.391. The summed E-state index contributed by atoms with van der Waals surface area (Å²) < 4.78 is 21.7. The number of benzene rings is 2. The number of carbonyl (C=O) groups excluding carboxylic acids is 2. The number of carbonyl (C=O) groups is 2. The Balaban J connectivity index is 1.90. The third kappa shape index (κ3) is 4.67. The summed E-state index contributed by atoms with van der Waals surface area (Å²) in [6, 6.07) is 12.1. The van der Waals surface area contributed by atoms with E-state index >= 15 is 0 Å². The lowest BCUT2D eigenvalue weighted by atomic mass is 10.1. The van der Waals surface area contributed by atoms with Crippen LogP contribution >= 0.6 is 0 Å². The minimum atomic E-state index is -1.02. The van der Waals surface area contributed by atoms with Crippen LogP contribution in [0, 0.1) is 0 Å². The predicted molar refractivity (Wildman–Crippen MR) is 111 cm³/mol. The normalized spacial score (nSPS) is 14.6. The van der Waals surface area contributed by atoms with Gasteiger partial charge in [-0.1, -0.05) is 30.3 Å². The Morgan fingerprint density at radius 1 is 0.867 bits per heavy atom. The first-order valence-corrected chi connectivity index (χ1v) is 9.93. The molecular formula is C23H27NO6. The summed E-state index contributed by atoms with van der Waals surface area (Å²) in [6.45, 7) is 1.34. The monoisotopic (exact) mass is 413 g/mol. The molecule has 7 heteroatoms. The molecule has 1 amide bonds. The zero-order chi connectivity index (χ0) is 21.5. The molecule has 2 aromatic carbocycles. The van der Waals surface area contributed by atoms with Gasteiger partial charge in [0.15, 0.2) is 11.5 Å². The fourth-order valence-electron chi connectivity index (χ4n) is 3.54. The van der Waals surface area contributed by atoms with Gasteiger partial charge in [0.25, 0.3) is 5.91 Å². The van der Waals surface area contributed by atoms with Gasteiger partial charge in [0.1, 0.15) is 0 Å². The highest BCUT2D eigenvalue weighted by Gasteiger charge is 2.31. The van der Waals surface area contributed by atoms with Crippen LogP contribution in [0.5, 0.6) is 17.2 Å². The molecule has 1 atom stereocenters. The number of likely N-dealkylation sites (tertiary alicyclic amines) is 1. The number of ether oxygens (including phenoxy) is 4. The molecule has 0 N–H and O–H groups in total. The number of hydrogen-bond donors (Lipinski definition) is 0. The molecule has 1 aliphatic rings. The van der Waals surface area contributed by atoms with Crippen LogP contribution in [0.25, 0.3) is 0 Å². The summed E-state index contributed by atoms with van der Waals surface area (Å²) in [7, 11) is 4.43. The molecule has 0 radical (unpaired) electrons. The minimum absolute atomic E-state index is 0.205. The third-order valence-electron chi connectivity index (χ3n) is 5.12. The maximum Gasteiger partial charge on any atom is 0.339 e. The highest BCUT2D eigenvalue weighted by atomic mass is 16.6. The topological polar surface area (TPSA) is 74.3 Å². The van der Waals surface area contributed by atoms with E-state index in [1.165, 1.54) is 33.5 Å². The van der Waals surface area contributed by atoms with Gasteiger partial charge in [0, 0.05) is 18.7 Å². The molecule has 1 heterocycles. The second-order valence-electron chi connectivity index (χ2n) is 7.00. The van der Waals surface area contributed by atoms with Crippen molar-refractivity contribution in [1.29, 1.82) is 0 Å². The average molecular weight is 413 g/mol. The molecule has 0 aromatic heterocycles. The molecule has 0 spiro atoms. The van der Waals surface area contributed by atoms with Gasteiger partial charge in [-0.25, -0.2) is 4.79 Å². The standard InChI is InChI=1S/C23H27NO6/c1-27-18-14-17(15-19(28-2)21(18)29-3)23(26)30-20(16-10-6-4-7-11-16)22(25)24-12-8-5-9-13-24/h4,6-7,10-11,14-15,20H,5,8-9,12-13H2,1-3H3/t20-/m0/s1. The van der Waals surface area contributed by atoms with Crippen molar-refractivity contribution in [3.8, 4) is 17.2 Å². The summed E-state index contributed by atoms with van der Waals surface area (Å²) in [5, 5.41) is 0. The predicted octanol–water partition coefficient (Wildman–Crippen LogP) is 3.62. The molecule has 1 aliphatic heterocycles. The summed E-state index contributed by atoms with van der Waals surface area (Å²) >= 11 is 0. The van der Waals surface area contributed by atoms with Gasteiger partial charge < -0.3 is 23.8 Å². The first-order valence-electron chi connectivity index (χ1n) is 9.93. The number of methoxy groups -OCH3 is 3. The van der Waals surface area contributed by atoms with Crippen LogP contribution < -0.4 is 14.2 Å². The van der Waals surface area contributed by atoms with Crippen LogP contribution in [0.2, 0.25) is 0 Å². The molecule has 0 aliphatic carbocycles. The maximum absolute atomic E-state index is 13.2. The molecule has 3 rings (SSSR count). The van der Waals surface area contributed by atoms with Crippen molar-refractivity contribution in [3.05, 3.63) is 53.6 Å². The summed E-state index contributed by atoms with van der Waals surface area (Å²) in [5.74, 6) is 0.195. The van der Waals surface area contributed by atoms with Crippen LogP contribution in [0.15, 0.2) is 42.5 Å². The number of nitrogens with zero attached hydrogens (tertiary/aromatic N) is 1. The lowest BCUT2D eigenvalue weighted by molar-refractivity contribution is -0.142. The second-order valence-corrected chi connectivity index (χ2v) is 7.00. The van der Waals surface area contributed by atoms with Gasteiger partial charge >= 0.3 is 5.97 Å². The maximum atomic E-state index is 13.2. The number of piperidine rings is 1. The Labute approximate surface area is 176 Å². The van der Waals surface area contributed by atoms with Crippen molar-refractivity contribution in [3.63, 3.8) is 0 Å². The largest absolute Gasteiger partial charge is 0.493 e. The van der Waals surface area contributed by atoms with Crippen molar-refractivity contribution in [2.75, 3.05) is 34.4 Å². The van der Waals surface area contributed by atoms with Crippen LogP contribution in [0.3, 0.4) is 0 Å². The summed E-state index contributed by atoms with van der Waals surface area (Å²) in [6.07, 6.45) is 1.99.